The SMILES string of the molecule is COc1c(C)c(OC)c2c(c1O)[C@@H]1[C@@H]3Cc4c(OC)c(C)c(OC)c(O)c4[C@H](CNC(=O)[C@@H](N)Cc4c[nH]c5ccccc45)N3[C@@H](C#N)[C@H](C2)N1C. The first-order valence-electron chi connectivity index (χ1n) is 17.4. The van der Waals surface area contributed by atoms with Gasteiger partial charge in [0.05, 0.1) is 52.6 Å². The number of nitrogens with one attached hydrogen (secondary N) is 2. The van der Waals surface area contributed by atoms with Crippen LogP contribution in [-0.4, -0.2) is 97.1 Å². The summed E-state index contributed by atoms with van der Waals surface area (Å²) >= 11 is 0. The average molecular weight is 711 g/mol. The fraction of sp³-hybridized carbons (Fsp3) is 0.436. The molecule has 2 bridgehead atoms. The molecule has 3 aliphatic heterocycles. The third kappa shape index (κ3) is 5.11. The van der Waals surface area contributed by atoms with Crippen LogP contribution in [0.15, 0.2) is 30.5 Å². The van der Waals surface area contributed by atoms with Gasteiger partial charge in [0.15, 0.2) is 23.0 Å². The Morgan fingerprint density at radius 3 is 2.15 bits per heavy atom. The number of para-hydroxylation sites is 1. The highest BCUT2D eigenvalue weighted by Crippen LogP contribution is 2.58. The zero-order valence-corrected chi connectivity index (χ0v) is 30.5. The Balaban J connectivity index is 1.35. The zero-order chi connectivity index (χ0) is 37.2. The number of carbonyl (C=O) groups excluding carboxylic acids is 1. The van der Waals surface area contributed by atoms with Crippen LogP contribution in [0.1, 0.15) is 51.0 Å². The van der Waals surface area contributed by atoms with Crippen molar-refractivity contribution in [1.29, 1.82) is 5.26 Å². The first-order chi connectivity index (χ1) is 25.0. The third-order valence-electron chi connectivity index (χ3n) is 11.6. The molecule has 4 aromatic rings. The van der Waals surface area contributed by atoms with Crippen molar-refractivity contribution < 1.29 is 34.0 Å². The Kier molecular flexibility index (Phi) is 9.10. The average Bonchev–Trinajstić information content (AvgIpc) is 3.54. The van der Waals surface area contributed by atoms with E-state index in [0.717, 1.165) is 27.6 Å². The van der Waals surface area contributed by atoms with Gasteiger partial charge in [0.1, 0.15) is 17.5 Å². The fourth-order valence-corrected chi connectivity index (χ4v) is 9.37. The summed E-state index contributed by atoms with van der Waals surface area (Å²) in [5.74, 6) is 1.36. The van der Waals surface area contributed by atoms with Gasteiger partial charge in [0.2, 0.25) is 5.91 Å². The van der Waals surface area contributed by atoms with Crippen LogP contribution < -0.4 is 30.0 Å². The molecule has 4 heterocycles. The topological polar surface area (TPSA) is 179 Å². The number of ether oxygens (including phenoxy) is 4. The molecule has 0 radical (unpaired) electrons. The number of nitriles is 1. The van der Waals surface area contributed by atoms with Gasteiger partial charge in [-0.2, -0.15) is 5.26 Å². The predicted molar refractivity (Wildman–Crippen MR) is 194 cm³/mol. The number of hydrogen-bond acceptors (Lipinski definition) is 11. The minimum Gasteiger partial charge on any atom is -0.504 e. The lowest BCUT2D eigenvalue weighted by Gasteiger charge is -2.60. The summed E-state index contributed by atoms with van der Waals surface area (Å²) < 4.78 is 23.4. The van der Waals surface area contributed by atoms with Crippen molar-refractivity contribution in [3.63, 3.8) is 0 Å². The number of aromatic nitrogens is 1. The van der Waals surface area contributed by atoms with Crippen molar-refractivity contribution in [3.05, 3.63) is 69.4 Å². The molecule has 1 aromatic heterocycles. The molecule has 6 N–H and O–H groups in total. The van der Waals surface area contributed by atoms with Gasteiger partial charge in [0.25, 0.3) is 0 Å². The number of hydrogen-bond donors (Lipinski definition) is 5. The Labute approximate surface area is 302 Å². The molecule has 13 nitrogen and oxygen atoms in total. The maximum absolute atomic E-state index is 13.8. The second-order valence-electron chi connectivity index (χ2n) is 14.0. The highest BCUT2D eigenvalue weighted by Gasteiger charge is 2.57. The van der Waals surface area contributed by atoms with E-state index in [1.165, 1.54) is 14.2 Å². The number of fused-ring (bicyclic) bond motifs is 8. The van der Waals surface area contributed by atoms with Crippen LogP contribution in [0.5, 0.6) is 34.5 Å². The number of aromatic hydroxyl groups is 2. The Morgan fingerprint density at radius 1 is 0.962 bits per heavy atom. The first kappa shape index (κ1) is 35.3. The molecule has 1 amide bonds. The van der Waals surface area contributed by atoms with Gasteiger partial charge in [-0.1, -0.05) is 18.2 Å². The molecular weight excluding hydrogens is 664 g/mol. The number of nitrogens with zero attached hydrogens (tertiary/aromatic N) is 3. The predicted octanol–water partition coefficient (Wildman–Crippen LogP) is 3.69. The number of amides is 1. The summed E-state index contributed by atoms with van der Waals surface area (Å²) in [6.07, 6.45) is 2.96. The van der Waals surface area contributed by atoms with Crippen LogP contribution in [0.2, 0.25) is 0 Å². The molecule has 3 aliphatic rings. The molecule has 52 heavy (non-hydrogen) atoms. The lowest BCUT2D eigenvalue weighted by Crippen LogP contribution is -2.69. The molecule has 1 saturated heterocycles. The van der Waals surface area contributed by atoms with E-state index < -0.39 is 30.2 Å². The minimum atomic E-state index is -0.862. The van der Waals surface area contributed by atoms with Gasteiger partial charge in [-0.15, -0.1) is 0 Å². The summed E-state index contributed by atoms with van der Waals surface area (Å²) in [5.41, 5.74) is 12.5. The van der Waals surface area contributed by atoms with Crippen LogP contribution in [0.25, 0.3) is 10.9 Å². The smallest absolute Gasteiger partial charge is 0.237 e. The number of rotatable bonds is 9. The van der Waals surface area contributed by atoms with E-state index in [2.05, 4.69) is 26.2 Å². The summed E-state index contributed by atoms with van der Waals surface area (Å²) in [5, 5.41) is 38.8. The number of piperazine rings is 1. The van der Waals surface area contributed by atoms with E-state index in [-0.39, 0.29) is 35.7 Å². The largest absolute Gasteiger partial charge is 0.504 e. The molecule has 3 aromatic carbocycles. The maximum Gasteiger partial charge on any atom is 0.237 e. The van der Waals surface area contributed by atoms with Crippen molar-refractivity contribution >= 4 is 16.8 Å². The number of methoxy groups -OCH3 is 4. The summed E-state index contributed by atoms with van der Waals surface area (Å²) in [7, 11) is 8.16. The molecule has 0 unspecified atom stereocenters. The molecule has 274 valence electrons. The van der Waals surface area contributed by atoms with E-state index in [9.17, 15) is 20.3 Å². The van der Waals surface area contributed by atoms with Crippen molar-refractivity contribution in [2.24, 2.45) is 5.73 Å². The quantitative estimate of drug-likeness (QED) is 0.171. The molecule has 0 spiro atoms. The number of likely N-dealkylation sites (N-methyl/N-ethyl adjacent to an activating group) is 1. The molecule has 1 fully saturated rings. The number of nitrogens with two attached hydrogens (primary N) is 1. The van der Waals surface area contributed by atoms with E-state index in [1.807, 2.05) is 51.4 Å². The van der Waals surface area contributed by atoms with E-state index in [4.69, 9.17) is 24.7 Å². The van der Waals surface area contributed by atoms with Crippen LogP contribution in [0.4, 0.5) is 0 Å². The van der Waals surface area contributed by atoms with Gasteiger partial charge in [-0.25, -0.2) is 0 Å². The second-order valence-corrected chi connectivity index (χ2v) is 14.0. The standard InChI is InChI=1S/C39H46N6O7/c1-18-35(49-4)22-14-27-32-31-23(36(50-5)19(2)38(52-7)34(31)47)13-26(44(32)3)28(15-40)45(27)29(30(22)33(46)37(18)51-6)17-43-39(48)24(41)12-20-16-42-25-11-9-8-10-21(20)25/h8-11,16,24,26-29,32,42,46-47H,12-14,17,41H2,1-7H3,(H,43,48)/t24-,26-,27-,28-,29-,32-/m0/s1. The molecule has 0 saturated carbocycles. The van der Waals surface area contributed by atoms with Crippen molar-refractivity contribution in [1.82, 2.24) is 20.1 Å². The lowest BCUT2D eigenvalue weighted by atomic mass is 9.71. The highest BCUT2D eigenvalue weighted by atomic mass is 16.5. The summed E-state index contributed by atoms with van der Waals surface area (Å²) in [4.78, 5) is 21.3. The van der Waals surface area contributed by atoms with Gasteiger partial charge >= 0.3 is 0 Å². The second kappa shape index (κ2) is 13.4. The maximum atomic E-state index is 13.8. The minimum absolute atomic E-state index is 0.0288. The molecule has 7 rings (SSSR count). The Morgan fingerprint density at radius 2 is 1.54 bits per heavy atom. The molecule has 13 heteroatoms. The van der Waals surface area contributed by atoms with Gasteiger partial charge in [-0.05, 0) is 51.8 Å². The van der Waals surface area contributed by atoms with Crippen LogP contribution >= 0.6 is 0 Å². The fourth-order valence-electron chi connectivity index (χ4n) is 9.37. The Bertz CT molecular complexity index is 2110. The number of carbonyl (C=O) groups is 1. The Hall–Kier alpha value is -5.16. The number of benzene rings is 3. The van der Waals surface area contributed by atoms with Crippen LogP contribution in [0.3, 0.4) is 0 Å². The summed E-state index contributed by atoms with van der Waals surface area (Å²) in [6, 6.07) is 7.05. The number of aromatic amines is 1. The highest BCUT2D eigenvalue weighted by molar-refractivity contribution is 5.86. The van der Waals surface area contributed by atoms with Gasteiger partial charge in [-0.3, -0.25) is 14.6 Å². The molecule has 0 aliphatic carbocycles. The van der Waals surface area contributed by atoms with E-state index in [0.29, 0.717) is 58.8 Å². The monoisotopic (exact) mass is 710 g/mol. The summed E-state index contributed by atoms with van der Waals surface area (Å²) in [6.45, 7) is 3.71. The van der Waals surface area contributed by atoms with Gasteiger partial charge in [0, 0.05) is 69.1 Å². The first-order valence-corrected chi connectivity index (χ1v) is 17.4. The number of H-pyrrole nitrogens is 1. The van der Waals surface area contributed by atoms with E-state index in [1.54, 1.807) is 14.2 Å². The molecular formula is C39H46N6O7. The van der Waals surface area contributed by atoms with Crippen molar-refractivity contribution in [3.8, 4) is 40.6 Å². The number of phenolic OH excluding ortho intramolecular Hbond substituents is 2. The number of phenols is 2. The van der Waals surface area contributed by atoms with Crippen LogP contribution in [-0.2, 0) is 24.1 Å². The van der Waals surface area contributed by atoms with Gasteiger partial charge < -0.3 is 45.2 Å². The lowest BCUT2D eigenvalue weighted by molar-refractivity contribution is -0.123. The molecule has 6 atom stereocenters. The van der Waals surface area contributed by atoms with E-state index >= 15 is 0 Å². The zero-order valence-electron chi connectivity index (χ0n) is 30.5. The van der Waals surface area contributed by atoms with Crippen LogP contribution in [0, 0.1) is 25.2 Å². The van der Waals surface area contributed by atoms with Crippen molar-refractivity contribution in [2.75, 3.05) is 42.0 Å². The normalized spacial score (nSPS) is 22.8. The van der Waals surface area contributed by atoms with Crippen molar-refractivity contribution in [2.45, 2.75) is 69.4 Å². The third-order valence-corrected chi connectivity index (χ3v) is 11.6.